The molecule has 0 atom stereocenters. The van der Waals surface area contributed by atoms with E-state index in [2.05, 4.69) is 172 Å². The van der Waals surface area contributed by atoms with E-state index >= 15 is 0 Å². The summed E-state index contributed by atoms with van der Waals surface area (Å²) in [4.78, 5) is 0. The van der Waals surface area contributed by atoms with Gasteiger partial charge in [0.25, 0.3) is 0 Å². The number of rotatable bonds is 5. The normalized spacial score (nSPS) is 13.8. The Morgan fingerprint density at radius 2 is 1.12 bits per heavy atom. The highest BCUT2D eigenvalue weighted by molar-refractivity contribution is 6.09. The van der Waals surface area contributed by atoms with Crippen LogP contribution in [0.5, 0.6) is 11.5 Å². The second-order valence-corrected chi connectivity index (χ2v) is 13.7. The largest absolute Gasteiger partial charge is 0.456 e. The molecule has 9 rings (SSSR count). The van der Waals surface area contributed by atoms with Crippen LogP contribution in [0.3, 0.4) is 0 Å². The average molecular weight is 629 g/mol. The zero-order valence-electron chi connectivity index (χ0n) is 28.0. The first-order chi connectivity index (χ1) is 24.0. The first-order valence-corrected chi connectivity index (χ1v) is 17.1. The molecule has 1 heteroatoms. The van der Waals surface area contributed by atoms with E-state index in [0.717, 1.165) is 22.4 Å². The van der Waals surface area contributed by atoms with Gasteiger partial charge in [0.1, 0.15) is 11.5 Å². The van der Waals surface area contributed by atoms with E-state index in [4.69, 9.17) is 4.74 Å². The van der Waals surface area contributed by atoms with Crippen molar-refractivity contribution in [2.75, 3.05) is 0 Å². The summed E-state index contributed by atoms with van der Waals surface area (Å²) in [6.45, 7) is 6.73. The molecule has 0 N–H and O–H groups in total. The number of hydrogen-bond donors (Lipinski definition) is 0. The molecule has 7 aromatic rings. The summed E-state index contributed by atoms with van der Waals surface area (Å²) in [6, 6.07) is 51.1. The van der Waals surface area contributed by atoms with Gasteiger partial charge in [0.15, 0.2) is 0 Å². The summed E-state index contributed by atoms with van der Waals surface area (Å²) in [7, 11) is 0. The molecule has 2 aliphatic rings. The summed E-state index contributed by atoms with van der Waals surface area (Å²) in [5, 5.41) is 2.35. The molecular weight excluding hydrogens is 593 g/mol. The molecule has 1 aliphatic carbocycles. The predicted molar refractivity (Wildman–Crippen MR) is 207 cm³/mol. The lowest BCUT2D eigenvalue weighted by atomic mass is 9.81. The molecule has 0 radical (unpaired) electrons. The summed E-state index contributed by atoms with van der Waals surface area (Å²) in [6.07, 6.45) is 8.42. The van der Waals surface area contributed by atoms with Crippen LogP contribution in [0, 0.1) is 0 Å². The Balaban J connectivity index is 1.14. The topological polar surface area (TPSA) is 9.23 Å². The van der Waals surface area contributed by atoms with Crippen molar-refractivity contribution in [1.29, 1.82) is 0 Å². The molecule has 1 nitrogen and oxygen atoms in total. The third kappa shape index (κ3) is 4.77. The highest BCUT2D eigenvalue weighted by atomic mass is 16.5. The van der Waals surface area contributed by atoms with Gasteiger partial charge in [0.05, 0.1) is 0 Å². The number of ether oxygens (including phenoxy) is 1. The maximum Gasteiger partial charge on any atom is 0.135 e. The molecule has 49 heavy (non-hydrogen) atoms. The molecule has 0 amide bonds. The lowest BCUT2D eigenvalue weighted by Crippen LogP contribution is -2.14. The van der Waals surface area contributed by atoms with E-state index in [1.165, 1.54) is 72.1 Å². The minimum atomic E-state index is -0.0250. The van der Waals surface area contributed by atoms with Crippen molar-refractivity contribution in [3.63, 3.8) is 0 Å². The van der Waals surface area contributed by atoms with E-state index in [9.17, 15) is 0 Å². The monoisotopic (exact) mass is 628 g/mol. The molecule has 0 bridgehead atoms. The zero-order chi connectivity index (χ0) is 33.1. The molecule has 1 heterocycles. The minimum Gasteiger partial charge on any atom is -0.456 e. The second-order valence-electron chi connectivity index (χ2n) is 13.7. The van der Waals surface area contributed by atoms with Crippen molar-refractivity contribution in [2.24, 2.45) is 0 Å². The fourth-order valence-corrected chi connectivity index (χ4v) is 7.89. The van der Waals surface area contributed by atoms with E-state index in [1.54, 1.807) is 0 Å². The molecule has 0 saturated carbocycles. The molecule has 0 saturated heterocycles. The van der Waals surface area contributed by atoms with Gasteiger partial charge in [0, 0.05) is 16.4 Å². The number of allylic oxidation sites excluding steroid dienone is 3. The SMILES string of the molecule is C/C=C\C=C/c1ccc2c3c(cc(-c4cccc(-c5cccc(-c6ccc7c(c6)C(C)(C)c6ccccc6-7)c5)c4)cc13)-c1ccccc1O2. The molecule has 234 valence electrons. The third-order valence-electron chi connectivity index (χ3n) is 10.4. The van der Waals surface area contributed by atoms with E-state index in [1.807, 2.05) is 13.0 Å². The van der Waals surface area contributed by atoms with Crippen LogP contribution in [0.4, 0.5) is 0 Å². The van der Waals surface area contributed by atoms with Crippen molar-refractivity contribution in [3.05, 3.63) is 174 Å². The molecule has 0 fully saturated rings. The molecule has 7 aromatic carbocycles. The number of hydrogen-bond acceptors (Lipinski definition) is 1. The van der Waals surface area contributed by atoms with Gasteiger partial charge < -0.3 is 4.74 Å². The highest BCUT2D eigenvalue weighted by Crippen LogP contribution is 2.51. The van der Waals surface area contributed by atoms with Gasteiger partial charge in [0.2, 0.25) is 0 Å². The van der Waals surface area contributed by atoms with Crippen molar-refractivity contribution >= 4 is 16.8 Å². The van der Waals surface area contributed by atoms with Crippen LogP contribution in [-0.4, -0.2) is 0 Å². The predicted octanol–water partition coefficient (Wildman–Crippen LogP) is 13.5. The summed E-state index contributed by atoms with van der Waals surface area (Å²) < 4.78 is 6.41. The van der Waals surface area contributed by atoms with Crippen LogP contribution in [0.2, 0.25) is 0 Å². The van der Waals surface area contributed by atoms with E-state index in [0.29, 0.717) is 0 Å². The van der Waals surface area contributed by atoms with Crippen LogP contribution >= 0.6 is 0 Å². The van der Waals surface area contributed by atoms with Gasteiger partial charge in [-0.05, 0) is 122 Å². The van der Waals surface area contributed by atoms with Crippen LogP contribution in [0.15, 0.2) is 158 Å². The molecule has 0 spiro atoms. The number of para-hydroxylation sites is 1. The van der Waals surface area contributed by atoms with E-state index < -0.39 is 0 Å². The summed E-state index contributed by atoms with van der Waals surface area (Å²) in [5.74, 6) is 1.80. The molecule has 1 aliphatic heterocycles. The Labute approximate surface area is 288 Å². The molecular formula is C48H36O. The van der Waals surface area contributed by atoms with Crippen LogP contribution < -0.4 is 4.74 Å². The highest BCUT2D eigenvalue weighted by Gasteiger charge is 2.35. The van der Waals surface area contributed by atoms with Crippen molar-refractivity contribution in [1.82, 2.24) is 0 Å². The zero-order valence-corrected chi connectivity index (χ0v) is 28.0. The number of benzene rings is 7. The second kappa shape index (κ2) is 11.4. The maximum atomic E-state index is 6.41. The van der Waals surface area contributed by atoms with Gasteiger partial charge in [-0.2, -0.15) is 0 Å². The standard InChI is InChI=1S/C48H36O/c1-4-5-6-13-31-23-25-46-47-41(31)28-37(29-42(47)40-19-8-10-21-45(40)49-46)35-17-12-15-33(27-35)32-14-11-16-34(26-32)36-22-24-39-38-18-7-9-20-43(38)48(2,3)44(39)30-36/h4-30H,1-3H3/b5-4-,13-6-. The Morgan fingerprint density at radius 1 is 0.469 bits per heavy atom. The van der Waals surface area contributed by atoms with E-state index in [-0.39, 0.29) is 5.41 Å². The third-order valence-corrected chi connectivity index (χ3v) is 10.4. The fraction of sp³-hybridized carbons (Fsp3) is 0.0833. The van der Waals surface area contributed by atoms with Gasteiger partial charge in [-0.3, -0.25) is 0 Å². The van der Waals surface area contributed by atoms with Gasteiger partial charge in [-0.15, -0.1) is 0 Å². The Kier molecular flexibility index (Phi) is 6.78. The van der Waals surface area contributed by atoms with Crippen LogP contribution in [0.25, 0.3) is 72.5 Å². The molecule has 0 unspecified atom stereocenters. The van der Waals surface area contributed by atoms with Gasteiger partial charge in [-0.25, -0.2) is 0 Å². The Hall–Kier alpha value is -5.92. The maximum absolute atomic E-state index is 6.41. The van der Waals surface area contributed by atoms with Crippen molar-refractivity contribution in [2.45, 2.75) is 26.2 Å². The van der Waals surface area contributed by atoms with Crippen molar-refractivity contribution in [3.8, 4) is 67.1 Å². The lowest BCUT2D eigenvalue weighted by Gasteiger charge is -2.23. The Morgan fingerprint density at radius 3 is 1.88 bits per heavy atom. The average Bonchev–Trinajstić information content (AvgIpc) is 3.38. The lowest BCUT2D eigenvalue weighted by molar-refractivity contribution is 0.487. The Bertz CT molecular complexity index is 2510. The smallest absolute Gasteiger partial charge is 0.135 e. The summed E-state index contributed by atoms with van der Waals surface area (Å²) >= 11 is 0. The van der Waals surface area contributed by atoms with Crippen LogP contribution in [-0.2, 0) is 5.41 Å². The fourth-order valence-electron chi connectivity index (χ4n) is 7.89. The molecule has 0 aromatic heterocycles. The van der Waals surface area contributed by atoms with Gasteiger partial charge >= 0.3 is 0 Å². The quantitative estimate of drug-likeness (QED) is 0.172. The van der Waals surface area contributed by atoms with Gasteiger partial charge in [-0.1, -0.05) is 135 Å². The summed E-state index contributed by atoms with van der Waals surface area (Å²) in [5.41, 5.74) is 16.3. The van der Waals surface area contributed by atoms with Crippen molar-refractivity contribution < 1.29 is 4.74 Å². The van der Waals surface area contributed by atoms with Crippen LogP contribution in [0.1, 0.15) is 37.5 Å². The first kappa shape index (κ1) is 29.2. The first-order valence-electron chi connectivity index (χ1n) is 17.1. The number of fused-ring (bicyclic) bond motifs is 5. The minimum absolute atomic E-state index is 0.0250.